The maximum Gasteiger partial charge on any atom is 0.257 e. The number of carbonyl (C=O) groups excluding carboxylic acids is 1. The van der Waals surface area contributed by atoms with Crippen molar-refractivity contribution in [2.45, 2.75) is 13.5 Å². The zero-order valence-electron chi connectivity index (χ0n) is 15.5. The number of ether oxygens (including phenoxy) is 2. The second-order valence-corrected chi connectivity index (χ2v) is 6.33. The Balaban J connectivity index is 1.90. The molecule has 8 heteroatoms. The van der Waals surface area contributed by atoms with Crippen molar-refractivity contribution < 1.29 is 23.2 Å². The molecule has 3 aromatic rings. The van der Waals surface area contributed by atoms with Crippen molar-refractivity contribution >= 4 is 17.5 Å². The lowest BCUT2D eigenvalue weighted by molar-refractivity contribution is 0.0949. The highest BCUT2D eigenvalue weighted by atomic mass is 35.5. The van der Waals surface area contributed by atoms with Gasteiger partial charge in [0.05, 0.1) is 24.8 Å². The Hall–Kier alpha value is -3.06. The molecule has 0 aliphatic carbocycles. The number of hydrogen-bond acceptors (Lipinski definition) is 5. The number of halogens is 2. The van der Waals surface area contributed by atoms with E-state index in [1.807, 2.05) is 0 Å². The highest BCUT2D eigenvalue weighted by Crippen LogP contribution is 2.33. The van der Waals surface area contributed by atoms with Crippen molar-refractivity contribution in [3.63, 3.8) is 0 Å². The fourth-order valence-corrected chi connectivity index (χ4v) is 3.07. The number of nitrogens with zero attached hydrogens (tertiary/aromatic N) is 1. The molecule has 0 fully saturated rings. The summed E-state index contributed by atoms with van der Waals surface area (Å²) < 4.78 is 29.9. The topological polar surface area (TPSA) is 73.6 Å². The standard InChI is InChI=1S/C20H18ClFN2O4/c1-11-17(19(24-28-11)18-14(21)5-4-6-15(18)22)20(25)23-10-12-9-13(26-2)7-8-16(12)27-3/h4-9H,10H2,1-3H3,(H,23,25). The summed E-state index contributed by atoms with van der Waals surface area (Å²) in [7, 11) is 3.09. The van der Waals surface area contributed by atoms with Gasteiger partial charge in [0.25, 0.3) is 5.91 Å². The third-order valence-electron chi connectivity index (χ3n) is 4.22. The number of nitrogens with one attached hydrogen (secondary N) is 1. The zero-order valence-corrected chi connectivity index (χ0v) is 16.3. The monoisotopic (exact) mass is 404 g/mol. The van der Waals surface area contributed by atoms with Crippen LogP contribution in [0.3, 0.4) is 0 Å². The van der Waals surface area contributed by atoms with Crippen molar-refractivity contribution in [1.29, 1.82) is 0 Å². The number of aryl methyl sites for hydroxylation is 1. The molecule has 0 aliphatic heterocycles. The lowest BCUT2D eigenvalue weighted by atomic mass is 10.0. The Bertz CT molecular complexity index is 999. The first-order chi connectivity index (χ1) is 13.5. The second-order valence-electron chi connectivity index (χ2n) is 5.92. The Morgan fingerprint density at radius 2 is 2.04 bits per heavy atom. The molecule has 1 amide bonds. The maximum absolute atomic E-state index is 14.3. The van der Waals surface area contributed by atoms with Gasteiger partial charge in [0.15, 0.2) is 0 Å². The fraction of sp³-hybridized carbons (Fsp3) is 0.200. The van der Waals surface area contributed by atoms with E-state index in [4.69, 9.17) is 25.6 Å². The van der Waals surface area contributed by atoms with Crippen LogP contribution in [0.1, 0.15) is 21.7 Å². The largest absolute Gasteiger partial charge is 0.497 e. The average Bonchev–Trinajstić information content (AvgIpc) is 3.06. The van der Waals surface area contributed by atoms with Gasteiger partial charge in [0, 0.05) is 12.1 Å². The summed E-state index contributed by atoms with van der Waals surface area (Å²) in [5, 5.41) is 6.75. The molecule has 1 N–H and O–H groups in total. The van der Waals surface area contributed by atoms with Gasteiger partial charge in [-0.1, -0.05) is 22.8 Å². The zero-order chi connectivity index (χ0) is 20.3. The van der Waals surface area contributed by atoms with E-state index in [-0.39, 0.29) is 34.1 Å². The van der Waals surface area contributed by atoms with Crippen LogP contribution in [-0.4, -0.2) is 25.3 Å². The smallest absolute Gasteiger partial charge is 0.257 e. The van der Waals surface area contributed by atoms with E-state index in [2.05, 4.69) is 10.5 Å². The quantitative estimate of drug-likeness (QED) is 0.659. The van der Waals surface area contributed by atoms with Crippen LogP contribution >= 0.6 is 11.6 Å². The molecule has 3 rings (SSSR count). The number of methoxy groups -OCH3 is 2. The lowest BCUT2D eigenvalue weighted by Gasteiger charge is -2.12. The van der Waals surface area contributed by atoms with E-state index in [0.717, 1.165) is 5.56 Å². The summed E-state index contributed by atoms with van der Waals surface area (Å²) >= 11 is 6.11. The van der Waals surface area contributed by atoms with E-state index < -0.39 is 11.7 Å². The highest BCUT2D eigenvalue weighted by molar-refractivity contribution is 6.33. The summed E-state index contributed by atoms with van der Waals surface area (Å²) in [6.07, 6.45) is 0. The predicted molar refractivity (Wildman–Crippen MR) is 102 cm³/mol. The minimum absolute atomic E-state index is 0.0186. The Morgan fingerprint density at radius 3 is 2.71 bits per heavy atom. The molecule has 0 saturated heterocycles. The molecule has 146 valence electrons. The molecule has 0 spiro atoms. The number of amides is 1. The number of carbonyl (C=O) groups is 1. The number of aromatic nitrogens is 1. The fourth-order valence-electron chi connectivity index (χ4n) is 2.82. The van der Waals surface area contributed by atoms with Gasteiger partial charge in [-0.3, -0.25) is 4.79 Å². The van der Waals surface area contributed by atoms with Gasteiger partial charge in [-0.05, 0) is 37.3 Å². The molecule has 0 aliphatic rings. The molecule has 0 radical (unpaired) electrons. The second kappa shape index (κ2) is 8.31. The Labute approximate surface area is 166 Å². The van der Waals surface area contributed by atoms with Gasteiger partial charge in [0.1, 0.15) is 34.3 Å². The van der Waals surface area contributed by atoms with E-state index in [0.29, 0.717) is 11.5 Å². The summed E-state index contributed by atoms with van der Waals surface area (Å²) in [5.41, 5.74) is 0.907. The SMILES string of the molecule is COc1ccc(OC)c(CNC(=O)c2c(-c3c(F)cccc3Cl)noc2C)c1. The van der Waals surface area contributed by atoms with Crippen LogP contribution in [0, 0.1) is 12.7 Å². The molecule has 2 aromatic carbocycles. The molecular formula is C20H18ClFN2O4. The summed E-state index contributed by atoms with van der Waals surface area (Å²) in [5.74, 6) is 0.414. The van der Waals surface area contributed by atoms with Crippen molar-refractivity contribution in [3.8, 4) is 22.8 Å². The van der Waals surface area contributed by atoms with Crippen LogP contribution in [-0.2, 0) is 6.54 Å². The van der Waals surface area contributed by atoms with Gasteiger partial charge in [-0.15, -0.1) is 0 Å². The predicted octanol–water partition coefficient (Wildman–Crippen LogP) is 4.39. The van der Waals surface area contributed by atoms with Gasteiger partial charge in [0.2, 0.25) is 0 Å². The van der Waals surface area contributed by atoms with Crippen LogP contribution in [0.4, 0.5) is 4.39 Å². The van der Waals surface area contributed by atoms with Gasteiger partial charge >= 0.3 is 0 Å². The minimum Gasteiger partial charge on any atom is -0.497 e. The van der Waals surface area contributed by atoms with Crippen LogP contribution in [0.25, 0.3) is 11.3 Å². The van der Waals surface area contributed by atoms with E-state index in [1.165, 1.54) is 25.3 Å². The normalized spacial score (nSPS) is 10.6. The van der Waals surface area contributed by atoms with Crippen LogP contribution in [0.15, 0.2) is 40.9 Å². The molecule has 0 saturated carbocycles. The molecule has 0 bridgehead atoms. The van der Waals surface area contributed by atoms with Crippen molar-refractivity contribution in [2.24, 2.45) is 0 Å². The number of hydrogen-bond donors (Lipinski definition) is 1. The number of benzene rings is 2. The van der Waals surface area contributed by atoms with E-state index in [1.54, 1.807) is 32.2 Å². The third kappa shape index (κ3) is 3.80. The van der Waals surface area contributed by atoms with Crippen molar-refractivity contribution in [3.05, 3.63) is 64.1 Å². The van der Waals surface area contributed by atoms with E-state index >= 15 is 0 Å². The van der Waals surface area contributed by atoms with Gasteiger partial charge in [-0.25, -0.2) is 4.39 Å². The maximum atomic E-state index is 14.3. The molecule has 1 aromatic heterocycles. The van der Waals surface area contributed by atoms with Gasteiger partial charge < -0.3 is 19.3 Å². The van der Waals surface area contributed by atoms with Crippen LogP contribution in [0.5, 0.6) is 11.5 Å². The Kier molecular flexibility index (Phi) is 5.84. The molecule has 28 heavy (non-hydrogen) atoms. The van der Waals surface area contributed by atoms with E-state index in [9.17, 15) is 9.18 Å². The Morgan fingerprint density at radius 1 is 1.25 bits per heavy atom. The average molecular weight is 405 g/mol. The first-order valence-corrected chi connectivity index (χ1v) is 8.73. The lowest BCUT2D eigenvalue weighted by Crippen LogP contribution is -2.24. The van der Waals surface area contributed by atoms with Crippen LogP contribution < -0.4 is 14.8 Å². The molecule has 0 atom stereocenters. The highest BCUT2D eigenvalue weighted by Gasteiger charge is 2.25. The molecule has 6 nitrogen and oxygen atoms in total. The minimum atomic E-state index is -0.593. The van der Waals surface area contributed by atoms with Crippen molar-refractivity contribution in [2.75, 3.05) is 14.2 Å². The van der Waals surface area contributed by atoms with Crippen LogP contribution in [0.2, 0.25) is 5.02 Å². The summed E-state index contributed by atoms with van der Waals surface area (Å²) in [6, 6.07) is 9.50. The van der Waals surface area contributed by atoms with Gasteiger partial charge in [-0.2, -0.15) is 0 Å². The molecule has 0 unspecified atom stereocenters. The summed E-state index contributed by atoms with van der Waals surface area (Å²) in [6.45, 7) is 1.74. The third-order valence-corrected chi connectivity index (χ3v) is 4.53. The number of rotatable bonds is 6. The summed E-state index contributed by atoms with van der Waals surface area (Å²) in [4.78, 5) is 12.8. The molecular weight excluding hydrogens is 387 g/mol. The first kappa shape index (κ1) is 19.7. The first-order valence-electron chi connectivity index (χ1n) is 8.36. The molecule has 1 heterocycles. The van der Waals surface area contributed by atoms with Crippen molar-refractivity contribution in [1.82, 2.24) is 10.5 Å².